The lowest BCUT2D eigenvalue weighted by Gasteiger charge is -2.33. The van der Waals surface area contributed by atoms with Crippen LogP contribution in [0.3, 0.4) is 0 Å². The fourth-order valence-corrected chi connectivity index (χ4v) is 5.59. The molecule has 4 atom stereocenters. The van der Waals surface area contributed by atoms with Gasteiger partial charge in [0.1, 0.15) is 5.75 Å². The van der Waals surface area contributed by atoms with Crippen LogP contribution in [0.5, 0.6) is 17.2 Å². The third kappa shape index (κ3) is 3.02. The monoisotopic (exact) mass is 486 g/mol. The topological polar surface area (TPSA) is 114 Å². The predicted molar refractivity (Wildman–Crippen MR) is 126 cm³/mol. The molecule has 2 saturated heterocycles. The molecule has 2 amide bonds. The SMILES string of the molecule is COC(=O)[C@@]1(c2ccccc2)N[C@@H](c2ccc(O)cc2)[C@H]2C(=O)N(c3ccc4c(c3)OCO4)C(=O)[C@@H]21. The van der Waals surface area contributed by atoms with E-state index in [0.29, 0.717) is 28.3 Å². The number of methoxy groups -OCH3 is 1. The van der Waals surface area contributed by atoms with Crippen molar-refractivity contribution in [1.29, 1.82) is 0 Å². The number of aromatic hydroxyl groups is 1. The Balaban J connectivity index is 1.53. The zero-order valence-corrected chi connectivity index (χ0v) is 19.2. The van der Waals surface area contributed by atoms with Gasteiger partial charge in [0.05, 0.1) is 24.6 Å². The minimum Gasteiger partial charge on any atom is -0.508 e. The Labute approximate surface area is 206 Å². The van der Waals surface area contributed by atoms with Crippen LogP contribution in [0, 0.1) is 11.8 Å². The number of carbonyl (C=O) groups is 3. The number of anilines is 1. The number of ether oxygens (including phenoxy) is 3. The van der Waals surface area contributed by atoms with Gasteiger partial charge in [0, 0.05) is 12.1 Å². The number of nitrogens with one attached hydrogen (secondary N) is 1. The number of rotatable bonds is 4. The number of hydrogen-bond acceptors (Lipinski definition) is 8. The molecule has 3 heterocycles. The third-order valence-corrected chi connectivity index (χ3v) is 7.16. The standard InChI is InChI=1S/C27H22N2O7/c1-34-26(33)27(16-5-3-2-4-6-16)22-21(23(28-27)15-7-10-18(30)11-8-15)24(31)29(25(22)32)17-9-12-19-20(13-17)36-14-35-19/h2-13,21-23,28,30H,14H2,1H3/t21-,22+,23-,27-/m0/s1. The highest BCUT2D eigenvalue weighted by atomic mass is 16.7. The summed E-state index contributed by atoms with van der Waals surface area (Å²) in [7, 11) is 1.26. The van der Waals surface area contributed by atoms with Gasteiger partial charge in [0.25, 0.3) is 0 Å². The lowest BCUT2D eigenvalue weighted by molar-refractivity contribution is -0.152. The molecule has 3 aliphatic heterocycles. The van der Waals surface area contributed by atoms with E-state index in [-0.39, 0.29) is 12.5 Å². The second kappa shape index (κ2) is 8.10. The molecule has 6 rings (SSSR count). The molecule has 0 bridgehead atoms. The number of phenols is 1. The quantitative estimate of drug-likeness (QED) is 0.427. The highest BCUT2D eigenvalue weighted by Crippen LogP contribution is 2.54. The molecule has 0 aliphatic carbocycles. The number of hydrogen-bond donors (Lipinski definition) is 2. The zero-order valence-electron chi connectivity index (χ0n) is 19.2. The van der Waals surface area contributed by atoms with Gasteiger partial charge in [0.2, 0.25) is 18.6 Å². The number of nitrogens with zero attached hydrogens (tertiary/aromatic N) is 1. The van der Waals surface area contributed by atoms with Crippen LogP contribution in [0.25, 0.3) is 0 Å². The molecule has 3 aromatic rings. The van der Waals surface area contributed by atoms with E-state index in [9.17, 15) is 19.5 Å². The van der Waals surface area contributed by atoms with Gasteiger partial charge < -0.3 is 19.3 Å². The number of imide groups is 1. The first-order valence-electron chi connectivity index (χ1n) is 11.4. The molecule has 182 valence electrons. The Morgan fingerprint density at radius 1 is 1.00 bits per heavy atom. The van der Waals surface area contributed by atoms with Crippen molar-refractivity contribution >= 4 is 23.5 Å². The maximum Gasteiger partial charge on any atom is 0.331 e. The molecule has 0 spiro atoms. The average Bonchev–Trinajstić information content (AvgIpc) is 3.58. The minimum atomic E-state index is -1.61. The van der Waals surface area contributed by atoms with Crippen molar-refractivity contribution in [1.82, 2.24) is 5.32 Å². The summed E-state index contributed by atoms with van der Waals surface area (Å²) in [6.45, 7) is 0.0538. The largest absolute Gasteiger partial charge is 0.508 e. The molecule has 2 N–H and O–H groups in total. The molecule has 0 radical (unpaired) electrons. The number of esters is 1. The normalized spacial score (nSPS) is 26.2. The van der Waals surface area contributed by atoms with E-state index >= 15 is 0 Å². The molecular weight excluding hydrogens is 464 g/mol. The summed E-state index contributed by atoms with van der Waals surface area (Å²) >= 11 is 0. The van der Waals surface area contributed by atoms with Crippen molar-refractivity contribution < 1.29 is 33.7 Å². The highest BCUT2D eigenvalue weighted by Gasteiger charge is 2.69. The second-order valence-corrected chi connectivity index (χ2v) is 8.93. The van der Waals surface area contributed by atoms with Crippen LogP contribution in [0.15, 0.2) is 72.8 Å². The number of benzene rings is 3. The Hall–Kier alpha value is -4.37. The van der Waals surface area contributed by atoms with Crippen LogP contribution in [0.2, 0.25) is 0 Å². The van der Waals surface area contributed by atoms with Crippen LogP contribution in [-0.4, -0.2) is 36.8 Å². The number of phenolic OH excluding ortho intramolecular Hbond substituents is 1. The summed E-state index contributed by atoms with van der Waals surface area (Å²) in [4.78, 5) is 42.7. The molecule has 0 saturated carbocycles. The van der Waals surface area contributed by atoms with E-state index in [2.05, 4.69) is 5.32 Å². The number of carbonyl (C=O) groups excluding carboxylic acids is 3. The van der Waals surface area contributed by atoms with Gasteiger partial charge in [-0.2, -0.15) is 0 Å². The van der Waals surface area contributed by atoms with Gasteiger partial charge >= 0.3 is 5.97 Å². The minimum absolute atomic E-state index is 0.0538. The summed E-state index contributed by atoms with van der Waals surface area (Å²) in [5, 5.41) is 13.1. The van der Waals surface area contributed by atoms with Crippen molar-refractivity contribution in [2.24, 2.45) is 11.8 Å². The van der Waals surface area contributed by atoms with Crippen LogP contribution in [-0.2, 0) is 24.7 Å². The maximum absolute atomic E-state index is 14.1. The van der Waals surface area contributed by atoms with Gasteiger partial charge in [-0.3, -0.25) is 14.9 Å². The van der Waals surface area contributed by atoms with E-state index < -0.39 is 41.2 Å². The van der Waals surface area contributed by atoms with Gasteiger partial charge in [-0.1, -0.05) is 42.5 Å². The van der Waals surface area contributed by atoms with Gasteiger partial charge in [-0.05, 0) is 35.4 Å². The fourth-order valence-electron chi connectivity index (χ4n) is 5.59. The molecule has 9 nitrogen and oxygen atoms in total. The van der Waals surface area contributed by atoms with E-state index in [1.807, 2.05) is 0 Å². The van der Waals surface area contributed by atoms with E-state index in [1.54, 1.807) is 60.7 Å². The van der Waals surface area contributed by atoms with Gasteiger partial charge in [0.15, 0.2) is 17.0 Å². The molecule has 3 aromatic carbocycles. The Morgan fingerprint density at radius 3 is 2.44 bits per heavy atom. The third-order valence-electron chi connectivity index (χ3n) is 7.16. The molecule has 3 aliphatic rings. The fraction of sp³-hybridized carbons (Fsp3) is 0.222. The predicted octanol–water partition coefficient (Wildman–Crippen LogP) is 2.64. The van der Waals surface area contributed by atoms with Crippen molar-refractivity contribution in [3.63, 3.8) is 0 Å². The van der Waals surface area contributed by atoms with Crippen molar-refractivity contribution in [2.75, 3.05) is 18.8 Å². The Bertz CT molecular complexity index is 1370. The van der Waals surface area contributed by atoms with E-state index in [4.69, 9.17) is 14.2 Å². The van der Waals surface area contributed by atoms with Crippen molar-refractivity contribution in [3.05, 3.63) is 83.9 Å². The second-order valence-electron chi connectivity index (χ2n) is 8.93. The first kappa shape index (κ1) is 22.1. The van der Waals surface area contributed by atoms with E-state index in [0.717, 1.165) is 4.90 Å². The molecule has 0 unspecified atom stereocenters. The smallest absolute Gasteiger partial charge is 0.331 e. The average molecular weight is 486 g/mol. The van der Waals surface area contributed by atoms with Crippen LogP contribution >= 0.6 is 0 Å². The first-order valence-corrected chi connectivity index (χ1v) is 11.4. The zero-order chi connectivity index (χ0) is 25.0. The van der Waals surface area contributed by atoms with Gasteiger partial charge in [-0.25, -0.2) is 9.69 Å². The van der Waals surface area contributed by atoms with E-state index in [1.165, 1.54) is 19.2 Å². The van der Waals surface area contributed by atoms with Gasteiger partial charge in [-0.15, -0.1) is 0 Å². The van der Waals surface area contributed by atoms with Crippen LogP contribution in [0.4, 0.5) is 5.69 Å². The lowest BCUT2D eigenvalue weighted by atomic mass is 9.75. The molecule has 2 fully saturated rings. The van der Waals surface area contributed by atoms with Crippen LogP contribution in [0.1, 0.15) is 17.2 Å². The Morgan fingerprint density at radius 2 is 1.72 bits per heavy atom. The molecule has 0 aromatic heterocycles. The van der Waals surface area contributed by atoms with Crippen molar-refractivity contribution in [2.45, 2.75) is 11.6 Å². The van der Waals surface area contributed by atoms with Crippen LogP contribution < -0.4 is 19.7 Å². The molecule has 36 heavy (non-hydrogen) atoms. The maximum atomic E-state index is 14.1. The number of amides is 2. The summed E-state index contributed by atoms with van der Waals surface area (Å²) < 4.78 is 16.0. The Kier molecular flexibility index (Phi) is 4.97. The molecule has 9 heteroatoms. The van der Waals surface area contributed by atoms with Crippen molar-refractivity contribution in [3.8, 4) is 17.2 Å². The summed E-state index contributed by atoms with van der Waals surface area (Å²) in [6, 6.07) is 19.3. The lowest BCUT2D eigenvalue weighted by Crippen LogP contribution is -2.53. The first-order chi connectivity index (χ1) is 17.5. The summed E-state index contributed by atoms with van der Waals surface area (Å²) in [5.41, 5.74) is -0.110. The summed E-state index contributed by atoms with van der Waals surface area (Å²) in [6.07, 6.45) is 0. The highest BCUT2D eigenvalue weighted by molar-refractivity contribution is 6.24. The molecular formula is C27H22N2O7. The summed E-state index contributed by atoms with van der Waals surface area (Å²) in [5.74, 6) is -2.61. The number of fused-ring (bicyclic) bond motifs is 2.